The Labute approximate surface area is 524 Å². The third-order valence-corrected chi connectivity index (χ3v) is 20.0. The van der Waals surface area contributed by atoms with Gasteiger partial charge in [0.1, 0.15) is 58.2 Å². The van der Waals surface area contributed by atoms with E-state index in [-0.39, 0.29) is 67.4 Å². The van der Waals surface area contributed by atoms with Gasteiger partial charge in [-0.2, -0.15) is 0 Å². The zero-order valence-electron chi connectivity index (χ0n) is 48.3. The Kier molecular flexibility index (Phi) is 19.2. The monoisotopic (exact) mass is 1270 g/mol. The average molecular weight is 1270 g/mol. The molecule has 4 aliphatic carbocycles. The number of hydrogen-bond donors (Lipinski definition) is 4. The molecule has 3 aliphatic heterocycles. The number of hydrogen-bond acceptors (Lipinski definition) is 14. The minimum atomic E-state index is -1.29. The number of anilines is 1. The number of halogens is 4. The molecule has 0 amide bonds. The number of fused-ring (bicyclic) bond motifs is 3. The van der Waals surface area contributed by atoms with Gasteiger partial charge in [-0.3, -0.25) is 15.0 Å². The number of aliphatic imine (C=N–C) groups is 3. The SMILES string of the molecule is Nc1ncccc1OCC1=NC(CC2=Cc3ccc(F)cc3C2)(C(=O)O)CS1.O=C(O)C1(CC2=Cc3ccc(F)cc3C2)CSC(COc2ccccc2C2CCCCC2)=N1.O=C(O)C1(CC2=Cc3ccc(F)cc3C2)CSC(COc2ccccc2F)=N1. The van der Waals surface area contributed by atoms with Crippen LogP contribution in [0.2, 0.25) is 0 Å². The summed E-state index contributed by atoms with van der Waals surface area (Å²) in [6.07, 6.45) is 16.1. The van der Waals surface area contributed by atoms with Gasteiger partial charge in [0.25, 0.3) is 0 Å². The molecule has 1 saturated carbocycles. The second-order valence-corrected chi connectivity index (χ2v) is 26.1. The van der Waals surface area contributed by atoms with E-state index in [0.717, 1.165) is 60.9 Å². The smallest absolute Gasteiger partial charge is 0.332 e. The molecule has 1 aromatic heterocycles. The van der Waals surface area contributed by atoms with Crippen molar-refractivity contribution < 1.29 is 61.5 Å². The fourth-order valence-corrected chi connectivity index (χ4v) is 15.3. The second-order valence-electron chi connectivity index (χ2n) is 22.9. The maximum Gasteiger partial charge on any atom is 0.332 e. The van der Waals surface area contributed by atoms with Crippen LogP contribution in [0.3, 0.4) is 0 Å². The molecule has 460 valence electrons. The molecule has 3 atom stereocenters. The average Bonchev–Trinajstić information content (AvgIpc) is 1.96. The zero-order chi connectivity index (χ0) is 62.3. The number of nitrogens with two attached hydrogens (primary N) is 1. The van der Waals surface area contributed by atoms with Crippen LogP contribution >= 0.6 is 35.3 Å². The molecule has 0 bridgehead atoms. The van der Waals surface area contributed by atoms with Crippen LogP contribution in [0.4, 0.5) is 23.4 Å². The lowest BCUT2D eigenvalue weighted by Crippen LogP contribution is -2.37. The number of aromatic nitrogens is 1. The molecule has 14 nitrogen and oxygen atoms in total. The van der Waals surface area contributed by atoms with Crippen molar-refractivity contribution in [3.63, 3.8) is 0 Å². The summed E-state index contributed by atoms with van der Waals surface area (Å²) in [6.45, 7) is 0.444. The van der Waals surface area contributed by atoms with E-state index in [0.29, 0.717) is 58.9 Å². The molecule has 7 aliphatic rings. The molecule has 1 fully saturated rings. The summed E-state index contributed by atoms with van der Waals surface area (Å²) in [7, 11) is 0. The fraction of sp³-hybridized carbons (Fsp3) is 0.309. The molecule has 89 heavy (non-hydrogen) atoms. The Bertz CT molecular complexity index is 3770. The quantitative estimate of drug-likeness (QED) is 0.0555. The van der Waals surface area contributed by atoms with E-state index in [4.69, 9.17) is 19.9 Å². The number of rotatable bonds is 19. The number of ether oxygens (including phenoxy) is 3. The van der Waals surface area contributed by atoms with Gasteiger partial charge in [0, 0.05) is 42.7 Å². The number of carboxylic acid groups (broad SMARTS) is 3. The van der Waals surface area contributed by atoms with Crippen LogP contribution in [0, 0.1) is 23.3 Å². The molecule has 0 radical (unpaired) electrons. The van der Waals surface area contributed by atoms with Crippen molar-refractivity contribution in [2.45, 2.75) is 93.2 Å². The predicted octanol–water partition coefficient (Wildman–Crippen LogP) is 13.8. The summed E-state index contributed by atoms with van der Waals surface area (Å²) < 4.78 is 71.4. The number of benzene rings is 5. The van der Waals surface area contributed by atoms with Crippen molar-refractivity contribution >= 4 is 92.4 Å². The molecule has 5 aromatic carbocycles. The van der Waals surface area contributed by atoms with Crippen LogP contribution in [0.25, 0.3) is 18.2 Å². The van der Waals surface area contributed by atoms with Crippen LogP contribution in [-0.4, -0.2) is 107 Å². The zero-order valence-corrected chi connectivity index (χ0v) is 50.7. The number of para-hydroxylation sites is 2. The summed E-state index contributed by atoms with van der Waals surface area (Å²) in [5.41, 5.74) is 11.6. The highest BCUT2D eigenvalue weighted by Crippen LogP contribution is 2.43. The lowest BCUT2D eigenvalue weighted by atomic mass is 9.84. The van der Waals surface area contributed by atoms with Crippen molar-refractivity contribution in [1.82, 2.24) is 4.98 Å². The summed E-state index contributed by atoms with van der Waals surface area (Å²) in [4.78, 5) is 53.8. The van der Waals surface area contributed by atoms with E-state index in [1.165, 1.54) is 121 Å². The number of thioether (sulfide) groups is 3. The summed E-state index contributed by atoms with van der Waals surface area (Å²) in [5.74, 6) is -1.01. The van der Waals surface area contributed by atoms with Gasteiger partial charge in [0.2, 0.25) is 0 Å². The number of carbonyl (C=O) groups is 3. The Morgan fingerprint density at radius 2 is 0.899 bits per heavy atom. The first kappa shape index (κ1) is 62.5. The fourth-order valence-electron chi connectivity index (χ4n) is 12.1. The Balaban J connectivity index is 0.000000138. The second kappa shape index (κ2) is 27.3. The maximum atomic E-state index is 13.7. The lowest BCUT2D eigenvalue weighted by molar-refractivity contribution is -0.143. The first-order valence-electron chi connectivity index (χ1n) is 29.1. The molecule has 0 spiro atoms. The van der Waals surface area contributed by atoms with E-state index in [1.807, 2.05) is 30.4 Å². The molecule has 4 heterocycles. The molecule has 5 N–H and O–H groups in total. The minimum absolute atomic E-state index is 0.0190. The van der Waals surface area contributed by atoms with Gasteiger partial charge >= 0.3 is 17.9 Å². The number of nitrogen functional groups attached to an aromatic ring is 1. The molecule has 21 heteroatoms. The first-order chi connectivity index (χ1) is 42.9. The molecular formula is C68H63F4N5O9S3. The topological polar surface area (TPSA) is 216 Å². The van der Waals surface area contributed by atoms with Crippen LogP contribution in [0.1, 0.15) is 96.2 Å². The van der Waals surface area contributed by atoms with Gasteiger partial charge in [-0.1, -0.05) is 103 Å². The van der Waals surface area contributed by atoms with Crippen LogP contribution in [-0.2, 0) is 33.6 Å². The van der Waals surface area contributed by atoms with Gasteiger partial charge in [-0.05, 0) is 144 Å². The normalized spacial score (nSPS) is 21.3. The lowest BCUT2D eigenvalue weighted by Gasteiger charge is -2.24. The van der Waals surface area contributed by atoms with Gasteiger partial charge < -0.3 is 35.3 Å². The third-order valence-electron chi connectivity index (χ3n) is 16.5. The Morgan fingerprint density at radius 1 is 0.506 bits per heavy atom. The molecule has 6 aromatic rings. The van der Waals surface area contributed by atoms with Crippen molar-refractivity contribution in [2.75, 3.05) is 42.8 Å². The largest absolute Gasteiger partial charge is 0.486 e. The van der Waals surface area contributed by atoms with Crippen molar-refractivity contribution in [1.29, 1.82) is 0 Å². The molecule has 13 rings (SSSR count). The number of nitrogens with zero attached hydrogens (tertiary/aromatic N) is 4. The van der Waals surface area contributed by atoms with Crippen LogP contribution in [0.5, 0.6) is 17.2 Å². The minimum Gasteiger partial charge on any atom is -0.486 e. The van der Waals surface area contributed by atoms with Crippen LogP contribution < -0.4 is 19.9 Å². The van der Waals surface area contributed by atoms with Gasteiger partial charge in [-0.15, -0.1) is 35.3 Å². The number of carboxylic acids is 3. The van der Waals surface area contributed by atoms with Crippen LogP contribution in [0.15, 0.2) is 153 Å². The Hall–Kier alpha value is -8.14. The highest BCUT2D eigenvalue weighted by Gasteiger charge is 2.47. The van der Waals surface area contributed by atoms with Gasteiger partial charge in [-0.25, -0.2) is 36.9 Å². The third kappa shape index (κ3) is 14.8. The van der Waals surface area contributed by atoms with Gasteiger partial charge in [0.05, 0.1) is 0 Å². The summed E-state index contributed by atoms with van der Waals surface area (Å²) >= 11 is 4.14. The highest BCUT2D eigenvalue weighted by molar-refractivity contribution is 8.14. The highest BCUT2D eigenvalue weighted by atomic mass is 32.2. The van der Waals surface area contributed by atoms with E-state index >= 15 is 0 Å². The number of pyridine rings is 1. The van der Waals surface area contributed by atoms with Crippen molar-refractivity contribution in [2.24, 2.45) is 15.0 Å². The molecule has 3 unspecified atom stereocenters. The summed E-state index contributed by atoms with van der Waals surface area (Å²) in [6, 6.07) is 31.6. The summed E-state index contributed by atoms with van der Waals surface area (Å²) in [5, 5.41) is 31.6. The standard InChI is InChI=1S/C27H28FNO3S.C21H17F2NO3S.C20H18FN3O3S/c28-22-11-10-20-12-18(13-21(20)14-22)15-27(26(30)31)17-33-25(29-27)16-32-24-9-5-4-8-23(24)19-6-2-1-3-7-19;22-16-6-5-14-7-13(8-15(14)9-16)10-21(20(25)26)12-28-19(24-21)11-27-18-4-2-1-3-17(18)23;21-15-4-3-13-6-12(7-14(13)8-15)9-20(19(25)26)11-28-17(24-20)10-27-16-2-1-5-23-18(16)22/h4-5,8-12,14,19H,1-3,6-7,13,15-17H2,(H,30,31);1-7,9H,8,10-12H2,(H,25,26);1-6,8H,7,9-11H2,(H2,22,23)(H,25,26). The Morgan fingerprint density at radius 3 is 1.33 bits per heavy atom. The predicted molar refractivity (Wildman–Crippen MR) is 343 cm³/mol. The van der Waals surface area contributed by atoms with Crippen molar-refractivity contribution in [3.05, 3.63) is 200 Å². The maximum absolute atomic E-state index is 13.7. The molecule has 0 saturated heterocycles. The molecular weight excluding hydrogens is 1200 g/mol. The van der Waals surface area contributed by atoms with E-state index < -0.39 is 40.3 Å². The van der Waals surface area contributed by atoms with E-state index in [1.54, 1.807) is 48.7 Å². The van der Waals surface area contributed by atoms with E-state index in [9.17, 15) is 47.3 Å². The van der Waals surface area contributed by atoms with Crippen molar-refractivity contribution in [3.8, 4) is 17.2 Å². The first-order valence-corrected chi connectivity index (χ1v) is 32.1. The van der Waals surface area contributed by atoms with E-state index in [2.05, 4.69) is 32.1 Å². The van der Waals surface area contributed by atoms with Gasteiger partial charge in [0.15, 0.2) is 39.8 Å². The number of aliphatic carboxylic acids is 3.